The van der Waals surface area contributed by atoms with E-state index in [0.717, 1.165) is 10.6 Å². The molecule has 0 atom stereocenters. The Labute approximate surface area is 184 Å². The minimum atomic E-state index is -0.644. The maximum absolute atomic E-state index is 13.2. The van der Waals surface area contributed by atoms with Gasteiger partial charge in [0.2, 0.25) is 11.8 Å². The lowest BCUT2D eigenvalue weighted by Crippen LogP contribution is -2.24. The second-order valence-electron chi connectivity index (χ2n) is 6.24. The van der Waals surface area contributed by atoms with E-state index in [9.17, 15) is 23.9 Å². The minimum Gasteiger partial charge on any atom is -0.493 e. The van der Waals surface area contributed by atoms with Crippen molar-refractivity contribution in [3.63, 3.8) is 0 Å². The van der Waals surface area contributed by atoms with E-state index in [1.54, 1.807) is 18.2 Å². The number of aromatic nitrogens is 1. The van der Waals surface area contributed by atoms with Gasteiger partial charge in [-0.3, -0.25) is 19.0 Å². The monoisotopic (exact) mass is 509 g/mol. The quantitative estimate of drug-likeness (QED) is 0.562. The molecule has 0 unspecified atom stereocenters. The Morgan fingerprint density at radius 2 is 2.03 bits per heavy atom. The lowest BCUT2D eigenvalue weighted by atomic mass is 10.1. The van der Waals surface area contributed by atoms with Crippen molar-refractivity contribution in [3.05, 3.63) is 76.8 Å². The molecule has 2 heterocycles. The molecule has 4 rings (SSSR count). The molecule has 0 radical (unpaired) electrons. The zero-order valence-corrected chi connectivity index (χ0v) is 17.9. The third-order valence-electron chi connectivity index (χ3n) is 4.26. The zero-order chi connectivity index (χ0) is 21.6. The van der Waals surface area contributed by atoms with Crippen LogP contribution in [0.25, 0.3) is 5.57 Å². The first-order chi connectivity index (χ1) is 14.2. The first-order valence-corrected chi connectivity index (χ1v) is 10.3. The molecule has 1 aromatic heterocycles. The molecule has 152 valence electrons. The minimum absolute atomic E-state index is 0.0308. The smallest absolute Gasteiger partial charge is 0.311 e. The summed E-state index contributed by atoms with van der Waals surface area (Å²) in [4.78, 5) is 40.4. The standard InChI is InChI=1S/C19H10BrClFN3O4S/c20-8-1-4-13-10(5-8)15(17(27)24-13)16-18(28)25(19(29)30-16)7-14(26)23-9-2-3-12(22)11(21)6-9/h1-6,28H,7H2,(H,23,26). The van der Waals surface area contributed by atoms with E-state index in [4.69, 9.17) is 11.6 Å². The maximum atomic E-state index is 13.2. The number of rotatable bonds is 4. The molecule has 0 saturated carbocycles. The number of nitrogens with zero attached hydrogens (tertiary/aromatic N) is 2. The van der Waals surface area contributed by atoms with Gasteiger partial charge in [-0.05, 0) is 36.4 Å². The molecule has 1 aliphatic rings. The van der Waals surface area contributed by atoms with Crippen LogP contribution in [0.2, 0.25) is 5.02 Å². The SMILES string of the molecule is O=C(Cn1c(O)c(C2=c3cc(Br)ccc3=NC2=O)sc1=O)Nc1ccc(F)c(Cl)c1. The van der Waals surface area contributed by atoms with Gasteiger partial charge in [-0.15, -0.1) is 0 Å². The summed E-state index contributed by atoms with van der Waals surface area (Å²) in [6.07, 6.45) is 0. The van der Waals surface area contributed by atoms with Crippen molar-refractivity contribution in [1.82, 2.24) is 4.57 Å². The van der Waals surface area contributed by atoms with Gasteiger partial charge in [0.1, 0.15) is 17.2 Å². The Bertz CT molecular complexity index is 1420. The molecule has 0 aliphatic carbocycles. The number of anilines is 1. The topological polar surface area (TPSA) is 101 Å². The normalized spacial score (nSPS) is 12.6. The first kappa shape index (κ1) is 20.5. The van der Waals surface area contributed by atoms with E-state index in [0.29, 0.717) is 26.4 Å². The fourth-order valence-corrected chi connectivity index (χ4v) is 4.40. The molecule has 0 bridgehead atoms. The van der Waals surface area contributed by atoms with Crippen molar-refractivity contribution in [1.29, 1.82) is 0 Å². The van der Waals surface area contributed by atoms with Crippen molar-refractivity contribution in [3.8, 4) is 5.88 Å². The van der Waals surface area contributed by atoms with E-state index in [2.05, 4.69) is 26.2 Å². The number of carbonyl (C=O) groups excluding carboxylic acids is 2. The molecule has 7 nitrogen and oxygen atoms in total. The third kappa shape index (κ3) is 3.69. The average molecular weight is 511 g/mol. The number of aromatic hydroxyl groups is 1. The highest BCUT2D eigenvalue weighted by molar-refractivity contribution is 9.10. The van der Waals surface area contributed by atoms with Gasteiger partial charge in [-0.25, -0.2) is 9.38 Å². The molecular weight excluding hydrogens is 501 g/mol. The number of carbonyl (C=O) groups is 2. The predicted octanol–water partition coefficient (Wildman–Crippen LogP) is 2.17. The molecule has 2 amide bonds. The van der Waals surface area contributed by atoms with Gasteiger partial charge < -0.3 is 10.4 Å². The van der Waals surface area contributed by atoms with Crippen LogP contribution in [0.1, 0.15) is 4.88 Å². The molecule has 2 aromatic carbocycles. The van der Waals surface area contributed by atoms with Crippen LogP contribution < -0.4 is 20.8 Å². The van der Waals surface area contributed by atoms with Crippen LogP contribution in [-0.2, 0) is 16.1 Å². The van der Waals surface area contributed by atoms with Gasteiger partial charge in [0.15, 0.2) is 0 Å². The Hall–Kier alpha value is -2.82. The Kier molecular flexibility index (Phi) is 5.31. The van der Waals surface area contributed by atoms with Gasteiger partial charge in [-0.1, -0.05) is 38.9 Å². The molecule has 11 heteroatoms. The van der Waals surface area contributed by atoms with Crippen molar-refractivity contribution in [2.24, 2.45) is 4.99 Å². The molecule has 0 fully saturated rings. The maximum Gasteiger partial charge on any atom is 0.311 e. The molecular formula is C19H10BrClFN3O4S. The summed E-state index contributed by atoms with van der Waals surface area (Å²) in [6, 6.07) is 8.65. The van der Waals surface area contributed by atoms with Crippen molar-refractivity contribution in [2.45, 2.75) is 6.54 Å². The summed E-state index contributed by atoms with van der Waals surface area (Å²) < 4.78 is 14.8. The first-order valence-electron chi connectivity index (χ1n) is 8.35. The second kappa shape index (κ2) is 7.78. The summed E-state index contributed by atoms with van der Waals surface area (Å²) in [5, 5.41) is 13.8. The second-order valence-corrected chi connectivity index (χ2v) is 8.52. The van der Waals surface area contributed by atoms with Crippen LogP contribution in [0.3, 0.4) is 0 Å². The number of fused-ring (bicyclic) bond motifs is 1. The van der Waals surface area contributed by atoms with Crippen LogP contribution in [0.5, 0.6) is 5.88 Å². The van der Waals surface area contributed by atoms with Crippen LogP contribution in [-0.4, -0.2) is 21.5 Å². The number of amides is 2. The molecule has 1 aliphatic heterocycles. The molecule has 30 heavy (non-hydrogen) atoms. The number of benzene rings is 2. The number of halogens is 3. The van der Waals surface area contributed by atoms with Crippen LogP contribution in [0.15, 0.2) is 50.7 Å². The highest BCUT2D eigenvalue weighted by Gasteiger charge is 2.27. The van der Waals surface area contributed by atoms with Crippen LogP contribution in [0.4, 0.5) is 10.1 Å². The number of hydrogen-bond donors (Lipinski definition) is 2. The summed E-state index contributed by atoms with van der Waals surface area (Å²) in [5.74, 6) is -2.38. The summed E-state index contributed by atoms with van der Waals surface area (Å²) in [5.41, 5.74) is 0.322. The van der Waals surface area contributed by atoms with Gasteiger partial charge >= 0.3 is 4.87 Å². The van der Waals surface area contributed by atoms with E-state index < -0.39 is 34.9 Å². The molecule has 0 spiro atoms. The number of nitrogens with one attached hydrogen (secondary N) is 1. The highest BCUT2D eigenvalue weighted by Crippen LogP contribution is 2.28. The Balaban J connectivity index is 1.68. The summed E-state index contributed by atoms with van der Waals surface area (Å²) in [6.45, 7) is -0.514. The summed E-state index contributed by atoms with van der Waals surface area (Å²) in [7, 11) is 0. The van der Waals surface area contributed by atoms with Crippen molar-refractivity contribution in [2.75, 3.05) is 5.32 Å². The highest BCUT2D eigenvalue weighted by atomic mass is 79.9. The van der Waals surface area contributed by atoms with Crippen LogP contribution >= 0.6 is 38.9 Å². The summed E-state index contributed by atoms with van der Waals surface area (Å²) >= 11 is 9.64. The van der Waals surface area contributed by atoms with Gasteiger partial charge in [-0.2, -0.15) is 0 Å². The van der Waals surface area contributed by atoms with Gasteiger partial charge in [0, 0.05) is 15.4 Å². The Morgan fingerprint density at radius 1 is 1.27 bits per heavy atom. The predicted molar refractivity (Wildman–Crippen MR) is 113 cm³/mol. The van der Waals surface area contributed by atoms with E-state index in [1.807, 2.05) is 0 Å². The Morgan fingerprint density at radius 3 is 2.77 bits per heavy atom. The lowest BCUT2D eigenvalue weighted by molar-refractivity contribution is -0.117. The van der Waals surface area contributed by atoms with Crippen LogP contribution in [0, 0.1) is 5.82 Å². The largest absolute Gasteiger partial charge is 0.493 e. The molecule has 2 N–H and O–H groups in total. The van der Waals surface area contributed by atoms with E-state index >= 15 is 0 Å². The van der Waals surface area contributed by atoms with E-state index in [-0.39, 0.29) is 21.2 Å². The number of hydrogen-bond acceptors (Lipinski definition) is 5. The zero-order valence-electron chi connectivity index (χ0n) is 14.8. The van der Waals surface area contributed by atoms with Gasteiger partial charge in [0.05, 0.1) is 16.0 Å². The number of thiazole rings is 1. The molecule has 3 aromatic rings. The van der Waals surface area contributed by atoms with Crippen molar-refractivity contribution < 1.29 is 19.1 Å². The van der Waals surface area contributed by atoms with E-state index in [1.165, 1.54) is 12.1 Å². The average Bonchev–Trinajstić information content (AvgIpc) is 3.14. The van der Waals surface area contributed by atoms with Gasteiger partial charge in [0.25, 0.3) is 5.91 Å². The lowest BCUT2D eigenvalue weighted by Gasteiger charge is -2.07. The van der Waals surface area contributed by atoms with Crippen molar-refractivity contribution >= 4 is 61.9 Å². The molecule has 0 saturated heterocycles. The fraction of sp³-hybridized carbons (Fsp3) is 0.0526. The fourth-order valence-electron chi connectivity index (χ4n) is 2.92. The third-order valence-corrected chi connectivity index (χ3v) is 6.03.